The summed E-state index contributed by atoms with van der Waals surface area (Å²) in [5, 5.41) is 8.21. The molecule has 0 aliphatic carbocycles. The van der Waals surface area contributed by atoms with Crippen molar-refractivity contribution in [2.75, 3.05) is 4.90 Å². The lowest BCUT2D eigenvalue weighted by molar-refractivity contribution is 1.30. The maximum absolute atomic E-state index is 2.61. The third-order valence-corrected chi connectivity index (χ3v) is 16.2. The van der Waals surface area contributed by atoms with E-state index in [0.717, 1.165) is 11.4 Å². The molecule has 1 nitrogen and oxygen atoms in total. The lowest BCUT2D eigenvalue weighted by Gasteiger charge is -2.40. The molecule has 0 bridgehead atoms. The highest BCUT2D eigenvalue weighted by Gasteiger charge is 2.46. The van der Waals surface area contributed by atoms with E-state index in [4.69, 9.17) is 0 Å². The van der Waals surface area contributed by atoms with E-state index >= 15 is 0 Å². The van der Waals surface area contributed by atoms with Crippen LogP contribution in [0.5, 0.6) is 0 Å². The van der Waals surface area contributed by atoms with Crippen molar-refractivity contribution in [2.45, 2.75) is 9.79 Å². The Kier molecular flexibility index (Phi) is 7.50. The van der Waals surface area contributed by atoms with Gasteiger partial charge in [-0.15, -0.1) is 0 Å². The maximum Gasteiger partial charge on any atom is 0.181 e. The Bertz CT molecular complexity index is 2360. The first-order valence-corrected chi connectivity index (χ1v) is 19.6. The Morgan fingerprint density at radius 3 is 1.67 bits per heavy atom. The molecule has 0 radical (unpaired) electrons. The van der Waals surface area contributed by atoms with Gasteiger partial charge >= 0.3 is 0 Å². The van der Waals surface area contributed by atoms with Crippen molar-refractivity contribution < 1.29 is 0 Å². The van der Waals surface area contributed by atoms with Crippen LogP contribution in [0.4, 0.5) is 17.1 Å². The minimum atomic E-state index is -2.61. The minimum absolute atomic E-state index is 1.13. The predicted molar refractivity (Wildman–Crippen MR) is 212 cm³/mol. The average Bonchev–Trinajstić information content (AvgIpc) is 3.18. The molecule has 0 saturated carbocycles. The van der Waals surface area contributed by atoms with Gasteiger partial charge in [-0.2, -0.15) is 0 Å². The molecular formula is C46H33NSSi. The normalized spacial score (nSPS) is 13.0. The molecule has 1 aliphatic rings. The van der Waals surface area contributed by atoms with Crippen LogP contribution in [0.2, 0.25) is 0 Å². The molecule has 0 aromatic heterocycles. The van der Waals surface area contributed by atoms with E-state index in [9.17, 15) is 0 Å². The first kappa shape index (κ1) is 29.5. The summed E-state index contributed by atoms with van der Waals surface area (Å²) >= 11 is 1.91. The van der Waals surface area contributed by atoms with Crippen LogP contribution in [0.15, 0.2) is 210 Å². The zero-order valence-corrected chi connectivity index (χ0v) is 28.7. The second-order valence-electron chi connectivity index (χ2n) is 12.5. The highest BCUT2D eigenvalue weighted by atomic mass is 32.2. The van der Waals surface area contributed by atoms with E-state index < -0.39 is 8.07 Å². The van der Waals surface area contributed by atoms with Gasteiger partial charge in [0.05, 0.1) is 5.69 Å². The van der Waals surface area contributed by atoms with Crippen molar-refractivity contribution in [3.05, 3.63) is 200 Å². The van der Waals surface area contributed by atoms with Gasteiger partial charge < -0.3 is 4.90 Å². The fraction of sp³-hybridized carbons (Fsp3) is 0. The van der Waals surface area contributed by atoms with Gasteiger partial charge in [0.25, 0.3) is 0 Å². The molecular weight excluding hydrogens is 627 g/mol. The van der Waals surface area contributed by atoms with Crippen LogP contribution in [-0.4, -0.2) is 8.07 Å². The summed E-state index contributed by atoms with van der Waals surface area (Å²) in [7, 11) is -2.61. The summed E-state index contributed by atoms with van der Waals surface area (Å²) in [6.07, 6.45) is 0. The molecule has 9 rings (SSSR count). The zero-order chi connectivity index (χ0) is 32.6. The molecule has 0 unspecified atom stereocenters. The molecule has 3 heteroatoms. The van der Waals surface area contributed by atoms with Gasteiger partial charge in [0.1, 0.15) is 0 Å². The van der Waals surface area contributed by atoms with Crippen molar-refractivity contribution in [2.24, 2.45) is 0 Å². The van der Waals surface area contributed by atoms with Gasteiger partial charge in [0.2, 0.25) is 0 Å². The number of anilines is 3. The fourth-order valence-corrected chi connectivity index (χ4v) is 14.6. The van der Waals surface area contributed by atoms with Crippen LogP contribution in [0.1, 0.15) is 0 Å². The molecule has 0 N–H and O–H groups in total. The number of benzene rings is 8. The third-order valence-electron chi connectivity index (χ3n) is 9.79. The van der Waals surface area contributed by atoms with E-state index in [1.807, 2.05) is 11.8 Å². The Hall–Kier alpha value is -5.61. The molecule has 0 spiro atoms. The summed E-state index contributed by atoms with van der Waals surface area (Å²) in [5.41, 5.74) is 5.89. The van der Waals surface area contributed by atoms with Crippen LogP contribution in [0.25, 0.3) is 21.9 Å². The summed E-state index contributed by atoms with van der Waals surface area (Å²) in [6, 6.07) is 73.7. The maximum atomic E-state index is 2.50. The predicted octanol–water partition coefficient (Wildman–Crippen LogP) is 9.82. The Labute approximate surface area is 293 Å². The van der Waals surface area contributed by atoms with E-state index in [1.54, 1.807) is 0 Å². The molecule has 1 aliphatic heterocycles. The monoisotopic (exact) mass is 659 g/mol. The van der Waals surface area contributed by atoms with E-state index in [-0.39, 0.29) is 0 Å². The lowest BCUT2D eigenvalue weighted by Crippen LogP contribution is -2.76. The fourth-order valence-electron chi connectivity index (χ4n) is 7.60. The molecule has 0 fully saturated rings. The highest BCUT2D eigenvalue weighted by molar-refractivity contribution is 8.00. The quantitative estimate of drug-likeness (QED) is 0.164. The number of fused-ring (bicyclic) bond motifs is 3. The number of hydrogen-bond donors (Lipinski definition) is 0. The number of nitrogens with zero attached hydrogens (tertiary/aromatic N) is 1. The standard InChI is InChI=1S/C46H33NSSi/c1-4-17-37(18-5-1)47(42-24-14-16-35-15-10-11-23-41(35)42)38-30-27-34(28-31-38)36-29-32-44-46(33-36)49(39-19-6-2-7-20-39,40-21-8-3-9-22-40)45-26-13-12-25-43(45)48-44/h1-33H. The molecule has 8 aromatic carbocycles. The third kappa shape index (κ3) is 5.02. The number of para-hydroxylation sites is 1. The Morgan fingerprint density at radius 2 is 0.939 bits per heavy atom. The van der Waals surface area contributed by atoms with Gasteiger partial charge in [-0.1, -0.05) is 169 Å². The van der Waals surface area contributed by atoms with Crippen LogP contribution < -0.4 is 25.6 Å². The average molecular weight is 660 g/mol. The molecule has 49 heavy (non-hydrogen) atoms. The SMILES string of the molecule is c1ccc(N(c2ccc(-c3ccc4c(c3)[Si](c3ccccc3)(c3ccccc3)c3ccccc3S4)cc2)c2cccc3ccccc23)cc1. The molecule has 0 saturated heterocycles. The topological polar surface area (TPSA) is 3.24 Å². The lowest BCUT2D eigenvalue weighted by atomic mass is 10.0. The van der Waals surface area contributed by atoms with Gasteiger partial charge in [0, 0.05) is 26.6 Å². The van der Waals surface area contributed by atoms with E-state index in [2.05, 4.69) is 205 Å². The molecule has 8 aromatic rings. The molecule has 0 amide bonds. The van der Waals surface area contributed by atoms with Crippen LogP contribution in [0.3, 0.4) is 0 Å². The molecule has 232 valence electrons. The Balaban J connectivity index is 1.20. The van der Waals surface area contributed by atoms with Crippen molar-refractivity contribution in [3.8, 4) is 11.1 Å². The van der Waals surface area contributed by atoms with Crippen molar-refractivity contribution >= 4 is 68.4 Å². The van der Waals surface area contributed by atoms with Crippen LogP contribution in [0, 0.1) is 0 Å². The molecule has 0 atom stereocenters. The smallest absolute Gasteiger partial charge is 0.181 e. The van der Waals surface area contributed by atoms with Gasteiger partial charge in [-0.05, 0) is 79.7 Å². The first-order chi connectivity index (χ1) is 24.3. The van der Waals surface area contributed by atoms with Crippen molar-refractivity contribution in [1.82, 2.24) is 0 Å². The van der Waals surface area contributed by atoms with Crippen LogP contribution >= 0.6 is 11.8 Å². The van der Waals surface area contributed by atoms with Crippen LogP contribution in [-0.2, 0) is 0 Å². The van der Waals surface area contributed by atoms with E-state index in [0.29, 0.717) is 0 Å². The zero-order valence-electron chi connectivity index (χ0n) is 26.9. The largest absolute Gasteiger partial charge is 0.310 e. The van der Waals surface area contributed by atoms with Gasteiger partial charge in [-0.3, -0.25) is 0 Å². The van der Waals surface area contributed by atoms with Crippen molar-refractivity contribution in [3.63, 3.8) is 0 Å². The van der Waals surface area contributed by atoms with Gasteiger partial charge in [0.15, 0.2) is 8.07 Å². The number of rotatable bonds is 6. The minimum Gasteiger partial charge on any atom is -0.310 e. The highest BCUT2D eigenvalue weighted by Crippen LogP contribution is 2.40. The second-order valence-corrected chi connectivity index (χ2v) is 17.3. The Morgan fingerprint density at radius 1 is 0.388 bits per heavy atom. The summed E-state index contributed by atoms with van der Waals surface area (Å²) in [4.78, 5) is 5.08. The summed E-state index contributed by atoms with van der Waals surface area (Å²) in [6.45, 7) is 0. The second kappa shape index (κ2) is 12.4. The van der Waals surface area contributed by atoms with E-state index in [1.165, 1.54) is 58.1 Å². The number of hydrogen-bond acceptors (Lipinski definition) is 2. The first-order valence-electron chi connectivity index (χ1n) is 16.8. The summed E-state index contributed by atoms with van der Waals surface area (Å²) in [5.74, 6) is 0. The molecule has 1 heterocycles. The summed E-state index contributed by atoms with van der Waals surface area (Å²) < 4.78 is 0. The van der Waals surface area contributed by atoms with Crippen molar-refractivity contribution in [1.29, 1.82) is 0 Å². The van der Waals surface area contributed by atoms with Gasteiger partial charge in [-0.25, -0.2) is 0 Å².